The number of esters is 1. The van der Waals surface area contributed by atoms with Gasteiger partial charge in [-0.25, -0.2) is 8.42 Å². The van der Waals surface area contributed by atoms with Gasteiger partial charge in [-0.05, 0) is 0 Å². The molecule has 1 saturated heterocycles. The first-order valence-electron chi connectivity index (χ1n) is 4.04. The summed E-state index contributed by atoms with van der Waals surface area (Å²) >= 11 is 0. The Labute approximate surface area is 89.5 Å². The van der Waals surface area contributed by atoms with Crippen molar-refractivity contribution in [2.24, 2.45) is 0 Å². The monoisotopic (exact) mass is 243 g/mol. The molecule has 0 aliphatic carbocycles. The number of nitrogens with one attached hydrogen (secondary N) is 1. The van der Waals surface area contributed by atoms with Gasteiger partial charge in [-0.2, -0.15) is 0 Å². The number of carbonyl (C=O) groups is 1. The lowest BCUT2D eigenvalue weighted by atomic mass is 10.2. The van der Waals surface area contributed by atoms with Crippen molar-refractivity contribution >= 4 is 28.2 Å². The lowest BCUT2D eigenvalue weighted by molar-refractivity contribution is -0.141. The third-order valence-electron chi connectivity index (χ3n) is 1.94. The topological polar surface area (TPSA) is 72.5 Å². The largest absolute Gasteiger partial charge is 0.469 e. The van der Waals surface area contributed by atoms with E-state index >= 15 is 0 Å². The third kappa shape index (κ3) is 4.26. The molecule has 0 saturated carbocycles. The van der Waals surface area contributed by atoms with Crippen LogP contribution in [0.2, 0.25) is 0 Å². The zero-order chi connectivity index (χ0) is 9.90. The highest BCUT2D eigenvalue weighted by atomic mass is 35.5. The van der Waals surface area contributed by atoms with Crippen molar-refractivity contribution in [1.29, 1.82) is 0 Å². The quantitative estimate of drug-likeness (QED) is 0.653. The minimum atomic E-state index is -2.96. The Morgan fingerprint density at radius 1 is 1.57 bits per heavy atom. The van der Waals surface area contributed by atoms with Gasteiger partial charge in [0, 0.05) is 12.6 Å². The number of sulfone groups is 1. The van der Waals surface area contributed by atoms with Gasteiger partial charge in [-0.15, -0.1) is 12.4 Å². The van der Waals surface area contributed by atoms with Crippen molar-refractivity contribution < 1.29 is 17.9 Å². The molecule has 0 aromatic heterocycles. The number of rotatable bonds is 2. The minimum Gasteiger partial charge on any atom is -0.469 e. The predicted molar refractivity (Wildman–Crippen MR) is 54.3 cm³/mol. The molecule has 1 aliphatic heterocycles. The standard InChI is InChI=1S/C7H13NO4S.ClH/c1-12-7(9)4-6-5-13(10,11)3-2-8-6;/h6,8H,2-5H2,1H3;1H. The zero-order valence-electron chi connectivity index (χ0n) is 7.86. The van der Waals surface area contributed by atoms with Crippen LogP contribution in [0.1, 0.15) is 6.42 Å². The number of carbonyl (C=O) groups excluding carboxylic acids is 1. The van der Waals surface area contributed by atoms with E-state index in [1.807, 2.05) is 0 Å². The molecule has 1 aliphatic rings. The molecule has 1 heterocycles. The van der Waals surface area contributed by atoms with E-state index in [2.05, 4.69) is 10.1 Å². The van der Waals surface area contributed by atoms with Crippen LogP contribution in [0.4, 0.5) is 0 Å². The Balaban J connectivity index is 0.00000169. The molecule has 1 atom stereocenters. The van der Waals surface area contributed by atoms with Crippen LogP contribution in [0, 0.1) is 0 Å². The van der Waals surface area contributed by atoms with Gasteiger partial charge in [0.05, 0.1) is 25.0 Å². The van der Waals surface area contributed by atoms with E-state index in [9.17, 15) is 13.2 Å². The van der Waals surface area contributed by atoms with Crippen LogP contribution < -0.4 is 5.32 Å². The van der Waals surface area contributed by atoms with E-state index in [-0.39, 0.29) is 42.3 Å². The van der Waals surface area contributed by atoms with Crippen molar-refractivity contribution in [3.05, 3.63) is 0 Å². The van der Waals surface area contributed by atoms with E-state index in [1.54, 1.807) is 0 Å². The second-order valence-corrected chi connectivity index (χ2v) is 5.27. The first kappa shape index (κ1) is 13.7. The Morgan fingerprint density at radius 3 is 2.71 bits per heavy atom. The number of hydrogen-bond acceptors (Lipinski definition) is 5. The molecule has 0 aromatic carbocycles. The molecule has 0 bridgehead atoms. The smallest absolute Gasteiger partial charge is 0.307 e. The molecule has 14 heavy (non-hydrogen) atoms. The number of halogens is 1. The average Bonchev–Trinajstić information content (AvgIpc) is 2.02. The molecule has 84 valence electrons. The molecule has 1 N–H and O–H groups in total. The highest BCUT2D eigenvalue weighted by molar-refractivity contribution is 7.91. The molecular weight excluding hydrogens is 230 g/mol. The Hall–Kier alpha value is -0.330. The average molecular weight is 244 g/mol. The van der Waals surface area contributed by atoms with Gasteiger partial charge in [0.15, 0.2) is 9.84 Å². The maximum Gasteiger partial charge on any atom is 0.307 e. The molecule has 1 unspecified atom stereocenters. The number of methoxy groups -OCH3 is 1. The van der Waals surface area contributed by atoms with E-state index in [1.165, 1.54) is 7.11 Å². The van der Waals surface area contributed by atoms with Gasteiger partial charge in [0.2, 0.25) is 0 Å². The Kier molecular flexibility index (Phi) is 5.40. The van der Waals surface area contributed by atoms with Crippen LogP contribution >= 0.6 is 12.4 Å². The fourth-order valence-corrected chi connectivity index (χ4v) is 2.73. The number of hydrogen-bond donors (Lipinski definition) is 1. The fraction of sp³-hybridized carbons (Fsp3) is 0.857. The number of ether oxygens (including phenoxy) is 1. The molecule has 1 fully saturated rings. The summed E-state index contributed by atoms with van der Waals surface area (Å²) in [5.74, 6) is -0.193. The van der Waals surface area contributed by atoms with Crippen LogP contribution in [0.15, 0.2) is 0 Å². The maximum absolute atomic E-state index is 11.1. The van der Waals surface area contributed by atoms with Crippen molar-refractivity contribution in [2.75, 3.05) is 25.2 Å². The SMILES string of the molecule is COC(=O)CC1CS(=O)(=O)CCN1.Cl. The summed E-state index contributed by atoms with van der Waals surface area (Å²) in [6.45, 7) is 0.421. The molecule has 7 heteroatoms. The van der Waals surface area contributed by atoms with E-state index in [0.717, 1.165) is 0 Å². The van der Waals surface area contributed by atoms with Crippen LogP contribution in [0.5, 0.6) is 0 Å². The molecule has 0 amide bonds. The summed E-state index contributed by atoms with van der Waals surface area (Å²) in [7, 11) is -1.66. The summed E-state index contributed by atoms with van der Waals surface area (Å²) in [6.07, 6.45) is 0.121. The van der Waals surface area contributed by atoms with Crippen LogP contribution in [-0.4, -0.2) is 45.6 Å². The lowest BCUT2D eigenvalue weighted by Gasteiger charge is -2.22. The second kappa shape index (κ2) is 5.53. The Morgan fingerprint density at radius 2 is 2.21 bits per heavy atom. The molecule has 1 rings (SSSR count). The second-order valence-electron chi connectivity index (χ2n) is 3.05. The molecule has 0 radical (unpaired) electrons. The summed E-state index contributed by atoms with van der Waals surface area (Å²) in [6, 6.07) is -0.286. The summed E-state index contributed by atoms with van der Waals surface area (Å²) in [5.41, 5.74) is 0. The van der Waals surface area contributed by atoms with Gasteiger partial charge in [0.1, 0.15) is 0 Å². The van der Waals surface area contributed by atoms with Gasteiger partial charge < -0.3 is 10.1 Å². The lowest BCUT2D eigenvalue weighted by Crippen LogP contribution is -2.46. The predicted octanol–water partition coefficient (Wildman–Crippen LogP) is -0.642. The normalized spacial score (nSPS) is 24.8. The Bertz CT molecular complexity index is 290. The summed E-state index contributed by atoms with van der Waals surface area (Å²) in [4.78, 5) is 10.8. The van der Waals surface area contributed by atoms with Gasteiger partial charge in [-0.3, -0.25) is 4.79 Å². The van der Waals surface area contributed by atoms with Crippen LogP contribution in [-0.2, 0) is 19.4 Å². The highest BCUT2D eigenvalue weighted by Gasteiger charge is 2.25. The van der Waals surface area contributed by atoms with Gasteiger partial charge in [-0.1, -0.05) is 0 Å². The summed E-state index contributed by atoms with van der Waals surface area (Å²) in [5, 5.41) is 2.96. The maximum atomic E-state index is 11.1. The molecule has 0 spiro atoms. The van der Waals surface area contributed by atoms with E-state index in [0.29, 0.717) is 6.54 Å². The highest BCUT2D eigenvalue weighted by Crippen LogP contribution is 2.05. The fourth-order valence-electron chi connectivity index (χ4n) is 1.28. The minimum absolute atomic E-state index is 0. The van der Waals surface area contributed by atoms with Crippen molar-refractivity contribution in [1.82, 2.24) is 5.32 Å². The van der Waals surface area contributed by atoms with Crippen LogP contribution in [0.25, 0.3) is 0 Å². The molecule has 0 aromatic rings. The third-order valence-corrected chi connectivity index (χ3v) is 3.68. The van der Waals surface area contributed by atoms with Gasteiger partial charge >= 0.3 is 5.97 Å². The molecule has 5 nitrogen and oxygen atoms in total. The first-order chi connectivity index (χ1) is 6.03. The van der Waals surface area contributed by atoms with E-state index in [4.69, 9.17) is 0 Å². The van der Waals surface area contributed by atoms with Crippen LogP contribution in [0.3, 0.4) is 0 Å². The molecular formula is C7H14ClNO4S. The van der Waals surface area contributed by atoms with Crippen molar-refractivity contribution in [2.45, 2.75) is 12.5 Å². The zero-order valence-corrected chi connectivity index (χ0v) is 9.49. The van der Waals surface area contributed by atoms with Crippen molar-refractivity contribution in [3.8, 4) is 0 Å². The first-order valence-corrected chi connectivity index (χ1v) is 5.86. The van der Waals surface area contributed by atoms with Gasteiger partial charge in [0.25, 0.3) is 0 Å². The van der Waals surface area contributed by atoms with Crippen molar-refractivity contribution in [3.63, 3.8) is 0 Å². The summed E-state index contributed by atoms with van der Waals surface area (Å²) < 4.78 is 26.7. The van der Waals surface area contributed by atoms with E-state index < -0.39 is 9.84 Å².